The zero-order chi connectivity index (χ0) is 19.4. The van der Waals surface area contributed by atoms with Gasteiger partial charge in [-0.3, -0.25) is 9.78 Å². The molecular formula is C19H13F2N5O. The fourth-order valence-electron chi connectivity index (χ4n) is 2.44. The zero-order valence-electron chi connectivity index (χ0n) is 14.1. The third-order valence-corrected chi connectivity index (χ3v) is 3.65. The highest BCUT2D eigenvalue weighted by molar-refractivity contribution is 5.80. The van der Waals surface area contributed by atoms with E-state index in [0.29, 0.717) is 11.1 Å². The second-order valence-corrected chi connectivity index (χ2v) is 5.64. The van der Waals surface area contributed by atoms with Gasteiger partial charge in [0.1, 0.15) is 11.6 Å². The molecule has 0 atom stereocenters. The van der Waals surface area contributed by atoms with Crippen LogP contribution in [0.1, 0.15) is 16.7 Å². The van der Waals surface area contributed by atoms with Crippen LogP contribution in [-0.4, -0.2) is 16.2 Å². The molecule has 0 aliphatic heterocycles. The van der Waals surface area contributed by atoms with Crippen molar-refractivity contribution >= 4 is 12.2 Å². The fourth-order valence-corrected chi connectivity index (χ4v) is 2.44. The predicted molar refractivity (Wildman–Crippen MR) is 97.3 cm³/mol. The molecule has 3 aromatic rings. The Hall–Kier alpha value is -3.86. The number of halogens is 2. The van der Waals surface area contributed by atoms with Gasteiger partial charge in [0.25, 0.3) is 5.56 Å². The Labute approximate surface area is 152 Å². The molecule has 134 valence electrons. The number of aromatic amines is 1. The van der Waals surface area contributed by atoms with Crippen molar-refractivity contribution in [2.24, 2.45) is 5.10 Å². The van der Waals surface area contributed by atoms with E-state index >= 15 is 0 Å². The second kappa shape index (κ2) is 7.58. The number of hydrogen-bond donors (Lipinski definition) is 2. The van der Waals surface area contributed by atoms with Gasteiger partial charge < -0.3 is 0 Å². The van der Waals surface area contributed by atoms with Crippen molar-refractivity contribution in [2.75, 3.05) is 5.43 Å². The van der Waals surface area contributed by atoms with E-state index in [4.69, 9.17) is 0 Å². The zero-order valence-corrected chi connectivity index (χ0v) is 14.1. The van der Waals surface area contributed by atoms with Crippen LogP contribution in [0.2, 0.25) is 0 Å². The van der Waals surface area contributed by atoms with Gasteiger partial charge in [-0.05, 0) is 24.6 Å². The van der Waals surface area contributed by atoms with E-state index in [0.717, 1.165) is 12.3 Å². The average Bonchev–Trinajstić information content (AvgIpc) is 2.66. The Morgan fingerprint density at radius 1 is 1.26 bits per heavy atom. The Balaban J connectivity index is 1.94. The molecule has 6 nitrogen and oxygen atoms in total. The molecule has 0 saturated carbocycles. The van der Waals surface area contributed by atoms with Crippen LogP contribution in [0, 0.1) is 29.9 Å². The van der Waals surface area contributed by atoms with Gasteiger partial charge in [0.05, 0.1) is 11.9 Å². The van der Waals surface area contributed by atoms with E-state index in [1.165, 1.54) is 6.07 Å². The number of nitrogens with zero attached hydrogens (tertiary/aromatic N) is 3. The number of nitriles is 1. The Bertz CT molecular complexity index is 1120. The van der Waals surface area contributed by atoms with Crippen molar-refractivity contribution in [3.63, 3.8) is 0 Å². The monoisotopic (exact) mass is 365 g/mol. The molecule has 0 unspecified atom stereocenters. The number of hydrogen-bond acceptors (Lipinski definition) is 5. The first-order valence-electron chi connectivity index (χ1n) is 7.84. The summed E-state index contributed by atoms with van der Waals surface area (Å²) in [6.45, 7) is 1.62. The molecule has 0 saturated heterocycles. The maximum absolute atomic E-state index is 13.8. The SMILES string of the molecule is Cc1cc(F)c(F)c(C=NNc2nc(-c3ccccc3)c(C#N)c(=O)[nH]2)c1. The molecule has 2 N–H and O–H groups in total. The maximum atomic E-state index is 13.8. The lowest BCUT2D eigenvalue weighted by Gasteiger charge is -2.06. The molecule has 1 heterocycles. The van der Waals surface area contributed by atoms with Crippen LogP contribution >= 0.6 is 0 Å². The molecule has 0 aliphatic rings. The fraction of sp³-hybridized carbons (Fsp3) is 0.0526. The Morgan fingerprint density at radius 2 is 2.00 bits per heavy atom. The van der Waals surface area contributed by atoms with Crippen LogP contribution < -0.4 is 11.0 Å². The molecule has 8 heteroatoms. The standard InChI is InChI=1S/C19H13F2N5O/c1-11-7-13(16(21)15(20)8-11)10-23-26-19-24-17(12-5-3-2-4-6-12)14(9-22)18(27)25-19/h2-8,10H,1H3,(H2,24,25,26,27). The minimum atomic E-state index is -1.03. The number of aromatic nitrogens is 2. The topological polar surface area (TPSA) is 93.9 Å². The number of nitrogens with one attached hydrogen (secondary N) is 2. The van der Waals surface area contributed by atoms with Crippen molar-refractivity contribution in [1.82, 2.24) is 9.97 Å². The summed E-state index contributed by atoms with van der Waals surface area (Å²) in [5, 5.41) is 13.0. The Morgan fingerprint density at radius 3 is 2.70 bits per heavy atom. The third-order valence-electron chi connectivity index (χ3n) is 3.65. The van der Waals surface area contributed by atoms with E-state index in [9.17, 15) is 18.8 Å². The second-order valence-electron chi connectivity index (χ2n) is 5.64. The van der Waals surface area contributed by atoms with Gasteiger partial charge >= 0.3 is 0 Å². The summed E-state index contributed by atoms with van der Waals surface area (Å²) < 4.78 is 27.2. The normalized spacial score (nSPS) is 10.7. The summed E-state index contributed by atoms with van der Waals surface area (Å²) in [4.78, 5) is 18.7. The van der Waals surface area contributed by atoms with Gasteiger partial charge in [0, 0.05) is 11.1 Å². The minimum Gasteiger partial charge on any atom is -0.290 e. The highest BCUT2D eigenvalue weighted by atomic mass is 19.2. The number of benzene rings is 2. The van der Waals surface area contributed by atoms with Crippen molar-refractivity contribution < 1.29 is 8.78 Å². The van der Waals surface area contributed by atoms with Crippen LogP contribution in [0.5, 0.6) is 0 Å². The summed E-state index contributed by atoms with van der Waals surface area (Å²) in [6.07, 6.45) is 1.08. The Kier molecular flexibility index (Phi) is 5.04. The first-order chi connectivity index (χ1) is 13.0. The van der Waals surface area contributed by atoms with E-state index in [1.807, 2.05) is 6.07 Å². The molecule has 0 fully saturated rings. The minimum absolute atomic E-state index is 0.0392. The lowest BCUT2D eigenvalue weighted by molar-refractivity contribution is 0.506. The first-order valence-corrected chi connectivity index (χ1v) is 7.84. The van der Waals surface area contributed by atoms with Crippen molar-refractivity contribution in [3.8, 4) is 17.3 Å². The van der Waals surface area contributed by atoms with Crippen LogP contribution in [0.25, 0.3) is 11.3 Å². The molecule has 1 aromatic heterocycles. The van der Waals surface area contributed by atoms with Gasteiger partial charge in [-0.25, -0.2) is 19.2 Å². The summed E-state index contributed by atoms with van der Waals surface area (Å²) in [5.41, 5.74) is 2.93. The van der Waals surface area contributed by atoms with Crippen molar-refractivity contribution in [2.45, 2.75) is 6.92 Å². The highest BCUT2D eigenvalue weighted by Gasteiger charge is 2.13. The largest absolute Gasteiger partial charge is 0.290 e. The summed E-state index contributed by atoms with van der Waals surface area (Å²) in [5.74, 6) is -2.05. The maximum Gasteiger partial charge on any atom is 0.270 e. The molecule has 3 rings (SSSR count). The van der Waals surface area contributed by atoms with E-state index < -0.39 is 17.2 Å². The number of hydrazone groups is 1. The molecule has 0 radical (unpaired) electrons. The van der Waals surface area contributed by atoms with Crippen LogP contribution in [0.15, 0.2) is 52.4 Å². The quantitative estimate of drug-likeness (QED) is 0.548. The van der Waals surface area contributed by atoms with Gasteiger partial charge in [-0.15, -0.1) is 0 Å². The molecule has 0 spiro atoms. The summed E-state index contributed by atoms with van der Waals surface area (Å²) in [6, 6.07) is 13.0. The average molecular weight is 365 g/mol. The van der Waals surface area contributed by atoms with Crippen LogP contribution in [0.4, 0.5) is 14.7 Å². The van der Waals surface area contributed by atoms with Crippen LogP contribution in [0.3, 0.4) is 0 Å². The lowest BCUT2D eigenvalue weighted by atomic mass is 10.1. The number of aryl methyl sites for hydroxylation is 1. The summed E-state index contributed by atoms with van der Waals surface area (Å²) >= 11 is 0. The molecule has 0 bridgehead atoms. The lowest BCUT2D eigenvalue weighted by Crippen LogP contribution is -2.16. The molecular weight excluding hydrogens is 352 g/mol. The van der Waals surface area contributed by atoms with Gasteiger partial charge in [0.15, 0.2) is 11.6 Å². The summed E-state index contributed by atoms with van der Waals surface area (Å²) in [7, 11) is 0. The third kappa shape index (κ3) is 3.88. The number of anilines is 1. The van der Waals surface area contributed by atoms with Crippen LogP contribution in [-0.2, 0) is 0 Å². The van der Waals surface area contributed by atoms with Crippen molar-refractivity contribution in [3.05, 3.63) is 81.1 Å². The van der Waals surface area contributed by atoms with E-state index in [-0.39, 0.29) is 22.8 Å². The first kappa shape index (κ1) is 17.9. The van der Waals surface area contributed by atoms with Gasteiger partial charge in [0.2, 0.25) is 5.95 Å². The van der Waals surface area contributed by atoms with Gasteiger partial charge in [-0.2, -0.15) is 10.4 Å². The predicted octanol–water partition coefficient (Wildman–Crippen LogP) is 3.34. The molecule has 2 aromatic carbocycles. The number of H-pyrrole nitrogens is 1. The van der Waals surface area contributed by atoms with E-state index in [1.54, 1.807) is 37.3 Å². The van der Waals surface area contributed by atoms with E-state index in [2.05, 4.69) is 20.5 Å². The highest BCUT2D eigenvalue weighted by Crippen LogP contribution is 2.19. The smallest absolute Gasteiger partial charge is 0.270 e. The van der Waals surface area contributed by atoms with Gasteiger partial charge in [-0.1, -0.05) is 30.3 Å². The molecule has 0 amide bonds. The van der Waals surface area contributed by atoms with Crippen molar-refractivity contribution in [1.29, 1.82) is 5.26 Å². The number of rotatable bonds is 4. The molecule has 0 aliphatic carbocycles. The molecule has 27 heavy (non-hydrogen) atoms.